The standard InChI is InChI=1S/C21H30O/c1-7-9-14-22-19(8-2)16-10-11-17-18(15-16)21(5,6)13-12-20(17,3)4/h2,10-11,15,19H,7,9,12-14H2,1,3-6H3. The number of unbranched alkanes of at least 4 members (excludes halogenated alkanes) is 1. The van der Waals surface area contributed by atoms with Crippen molar-refractivity contribution in [3.8, 4) is 12.3 Å². The molecule has 0 radical (unpaired) electrons. The van der Waals surface area contributed by atoms with E-state index in [0.717, 1.165) is 25.0 Å². The van der Waals surface area contributed by atoms with Gasteiger partial charge in [0.1, 0.15) is 6.10 Å². The van der Waals surface area contributed by atoms with Crippen molar-refractivity contribution in [3.05, 3.63) is 34.9 Å². The minimum Gasteiger partial charge on any atom is -0.361 e. The molecular weight excluding hydrogens is 268 g/mol. The Kier molecular flexibility index (Phi) is 5.03. The zero-order valence-corrected chi connectivity index (χ0v) is 14.8. The Bertz CT molecular complexity index is 560. The molecule has 22 heavy (non-hydrogen) atoms. The number of rotatable bonds is 5. The Labute approximate surface area is 136 Å². The normalized spacial score (nSPS) is 20.0. The number of benzene rings is 1. The number of terminal acetylenes is 1. The second-order valence-corrected chi connectivity index (χ2v) is 7.84. The summed E-state index contributed by atoms with van der Waals surface area (Å²) in [7, 11) is 0. The monoisotopic (exact) mass is 298 g/mol. The molecule has 0 spiro atoms. The lowest BCUT2D eigenvalue weighted by Gasteiger charge is -2.42. The molecule has 0 saturated carbocycles. The zero-order chi connectivity index (χ0) is 16.4. The molecule has 0 amide bonds. The van der Waals surface area contributed by atoms with E-state index in [4.69, 9.17) is 11.2 Å². The van der Waals surface area contributed by atoms with Crippen molar-refractivity contribution in [2.75, 3.05) is 6.61 Å². The predicted molar refractivity (Wildman–Crippen MR) is 94.2 cm³/mol. The molecule has 0 aromatic heterocycles. The number of fused-ring (bicyclic) bond motifs is 1. The first-order valence-electron chi connectivity index (χ1n) is 8.54. The summed E-state index contributed by atoms with van der Waals surface area (Å²) in [6.07, 6.45) is 10.1. The summed E-state index contributed by atoms with van der Waals surface area (Å²) in [6, 6.07) is 6.74. The zero-order valence-electron chi connectivity index (χ0n) is 14.8. The predicted octanol–water partition coefficient (Wildman–Crippen LogP) is 5.53. The van der Waals surface area contributed by atoms with Crippen molar-refractivity contribution in [2.45, 2.75) is 77.2 Å². The van der Waals surface area contributed by atoms with Gasteiger partial charge in [-0.05, 0) is 46.8 Å². The lowest BCUT2D eigenvalue weighted by molar-refractivity contribution is 0.0891. The van der Waals surface area contributed by atoms with Crippen LogP contribution in [-0.2, 0) is 15.6 Å². The highest BCUT2D eigenvalue weighted by molar-refractivity contribution is 5.45. The molecule has 0 fully saturated rings. The van der Waals surface area contributed by atoms with Gasteiger partial charge in [-0.1, -0.05) is 65.2 Å². The van der Waals surface area contributed by atoms with Crippen LogP contribution < -0.4 is 0 Å². The molecule has 0 heterocycles. The third-order valence-electron chi connectivity index (χ3n) is 5.11. The molecule has 1 heteroatoms. The molecule has 1 aliphatic carbocycles. The van der Waals surface area contributed by atoms with E-state index in [-0.39, 0.29) is 16.9 Å². The fraction of sp³-hybridized carbons (Fsp3) is 0.619. The molecule has 1 atom stereocenters. The molecule has 1 unspecified atom stereocenters. The van der Waals surface area contributed by atoms with Gasteiger partial charge in [-0.3, -0.25) is 0 Å². The molecule has 0 saturated heterocycles. The summed E-state index contributed by atoms with van der Waals surface area (Å²) in [4.78, 5) is 0. The van der Waals surface area contributed by atoms with Gasteiger partial charge in [-0.15, -0.1) is 6.42 Å². The van der Waals surface area contributed by atoms with Crippen molar-refractivity contribution >= 4 is 0 Å². The van der Waals surface area contributed by atoms with E-state index in [9.17, 15) is 0 Å². The molecule has 2 rings (SSSR count). The summed E-state index contributed by atoms with van der Waals surface area (Å²) in [5, 5.41) is 0. The average Bonchev–Trinajstić information content (AvgIpc) is 2.48. The highest BCUT2D eigenvalue weighted by Gasteiger charge is 2.37. The van der Waals surface area contributed by atoms with Gasteiger partial charge in [0, 0.05) is 6.61 Å². The average molecular weight is 298 g/mol. The van der Waals surface area contributed by atoms with Crippen LogP contribution in [0.25, 0.3) is 0 Å². The fourth-order valence-electron chi connectivity index (χ4n) is 3.36. The van der Waals surface area contributed by atoms with Crippen LogP contribution in [0.5, 0.6) is 0 Å². The molecule has 0 N–H and O–H groups in total. The van der Waals surface area contributed by atoms with Gasteiger partial charge in [0.15, 0.2) is 0 Å². The Morgan fingerprint density at radius 3 is 2.36 bits per heavy atom. The Morgan fingerprint density at radius 2 is 1.77 bits per heavy atom. The molecule has 1 aliphatic rings. The molecule has 1 aromatic rings. The first-order valence-corrected chi connectivity index (χ1v) is 8.54. The van der Waals surface area contributed by atoms with E-state index >= 15 is 0 Å². The topological polar surface area (TPSA) is 9.23 Å². The highest BCUT2D eigenvalue weighted by atomic mass is 16.5. The number of ether oxygens (including phenoxy) is 1. The summed E-state index contributed by atoms with van der Waals surface area (Å²) >= 11 is 0. The maximum absolute atomic E-state index is 5.89. The van der Waals surface area contributed by atoms with Crippen LogP contribution in [0.3, 0.4) is 0 Å². The minimum absolute atomic E-state index is 0.212. The first-order chi connectivity index (χ1) is 10.3. The van der Waals surface area contributed by atoms with E-state index in [1.165, 1.54) is 24.0 Å². The highest BCUT2D eigenvalue weighted by Crippen LogP contribution is 2.46. The lowest BCUT2D eigenvalue weighted by atomic mass is 9.63. The maximum atomic E-state index is 5.89. The van der Waals surface area contributed by atoms with Crippen LogP contribution in [0.1, 0.15) is 83.1 Å². The first kappa shape index (κ1) is 17.1. The fourth-order valence-corrected chi connectivity index (χ4v) is 3.36. The van der Waals surface area contributed by atoms with Gasteiger partial charge >= 0.3 is 0 Å². The van der Waals surface area contributed by atoms with Crippen LogP contribution in [0.4, 0.5) is 0 Å². The van der Waals surface area contributed by atoms with Crippen LogP contribution in [-0.4, -0.2) is 6.61 Å². The van der Waals surface area contributed by atoms with Crippen LogP contribution in [0, 0.1) is 12.3 Å². The molecule has 1 aromatic carbocycles. The Morgan fingerprint density at radius 1 is 1.14 bits per heavy atom. The molecule has 0 bridgehead atoms. The van der Waals surface area contributed by atoms with E-state index in [1.807, 2.05) is 0 Å². The van der Waals surface area contributed by atoms with Gasteiger partial charge in [-0.25, -0.2) is 0 Å². The lowest BCUT2D eigenvalue weighted by Crippen LogP contribution is -2.34. The van der Waals surface area contributed by atoms with Crippen molar-refractivity contribution in [3.63, 3.8) is 0 Å². The van der Waals surface area contributed by atoms with Crippen molar-refractivity contribution in [1.82, 2.24) is 0 Å². The van der Waals surface area contributed by atoms with E-state index in [1.54, 1.807) is 0 Å². The summed E-state index contributed by atoms with van der Waals surface area (Å²) in [5.41, 5.74) is 4.50. The largest absolute Gasteiger partial charge is 0.361 e. The minimum atomic E-state index is -0.224. The molecule has 120 valence electrons. The molecule has 0 aliphatic heterocycles. The smallest absolute Gasteiger partial charge is 0.143 e. The van der Waals surface area contributed by atoms with E-state index < -0.39 is 0 Å². The number of hydrogen-bond donors (Lipinski definition) is 0. The maximum Gasteiger partial charge on any atom is 0.143 e. The second kappa shape index (κ2) is 6.47. The van der Waals surface area contributed by atoms with Gasteiger partial charge in [-0.2, -0.15) is 0 Å². The van der Waals surface area contributed by atoms with Crippen LogP contribution in [0.15, 0.2) is 18.2 Å². The van der Waals surface area contributed by atoms with Crippen LogP contribution in [0.2, 0.25) is 0 Å². The van der Waals surface area contributed by atoms with Gasteiger partial charge in [0.25, 0.3) is 0 Å². The van der Waals surface area contributed by atoms with E-state index in [0.29, 0.717) is 0 Å². The second-order valence-electron chi connectivity index (χ2n) is 7.84. The number of hydrogen-bond acceptors (Lipinski definition) is 1. The van der Waals surface area contributed by atoms with Crippen molar-refractivity contribution < 1.29 is 4.74 Å². The van der Waals surface area contributed by atoms with Crippen molar-refractivity contribution in [2.24, 2.45) is 0 Å². The van der Waals surface area contributed by atoms with E-state index in [2.05, 4.69) is 58.7 Å². The third-order valence-corrected chi connectivity index (χ3v) is 5.11. The van der Waals surface area contributed by atoms with Gasteiger partial charge in [0.2, 0.25) is 0 Å². The summed E-state index contributed by atoms with van der Waals surface area (Å²) in [5.74, 6) is 2.81. The summed E-state index contributed by atoms with van der Waals surface area (Å²) in [6.45, 7) is 12.3. The Balaban J connectivity index is 2.35. The molecular formula is C21H30O. The van der Waals surface area contributed by atoms with Crippen LogP contribution >= 0.6 is 0 Å². The van der Waals surface area contributed by atoms with Gasteiger partial charge in [0.05, 0.1) is 0 Å². The SMILES string of the molecule is C#CC(OCCCC)c1ccc2c(c1)C(C)(C)CCC2(C)C. The third kappa shape index (κ3) is 3.39. The molecule has 1 nitrogen and oxygen atoms in total. The Hall–Kier alpha value is -1.26. The quantitative estimate of drug-likeness (QED) is 0.513. The van der Waals surface area contributed by atoms with Crippen molar-refractivity contribution in [1.29, 1.82) is 0 Å². The van der Waals surface area contributed by atoms with Gasteiger partial charge < -0.3 is 4.74 Å². The summed E-state index contributed by atoms with van der Waals surface area (Å²) < 4.78 is 5.89.